The molecular formula is C14H15NO2S2. The van der Waals surface area contributed by atoms with Gasteiger partial charge in [0.05, 0.1) is 10.9 Å². The van der Waals surface area contributed by atoms with Crippen molar-refractivity contribution in [2.75, 3.05) is 6.26 Å². The molecule has 1 aliphatic carbocycles. The zero-order chi connectivity index (χ0) is 13.5. The summed E-state index contributed by atoms with van der Waals surface area (Å²) in [5.41, 5.74) is 0. The Morgan fingerprint density at radius 3 is 2.53 bits per heavy atom. The summed E-state index contributed by atoms with van der Waals surface area (Å²) in [7, 11) is -3.46. The third-order valence-corrected chi connectivity index (χ3v) is 6.51. The number of fused-ring (bicyclic) bond motifs is 2. The summed E-state index contributed by atoms with van der Waals surface area (Å²) < 4.78 is 26.8. The Morgan fingerprint density at radius 1 is 1.11 bits per heavy atom. The molecule has 0 saturated carbocycles. The van der Waals surface area contributed by atoms with Crippen molar-refractivity contribution in [2.24, 2.45) is 5.92 Å². The van der Waals surface area contributed by atoms with Crippen LogP contribution in [0.3, 0.4) is 0 Å². The van der Waals surface area contributed by atoms with Crippen molar-refractivity contribution in [1.29, 1.82) is 0 Å². The minimum absolute atomic E-state index is 0.0739. The molecule has 0 N–H and O–H groups in total. The number of hydrogen-bond donors (Lipinski definition) is 0. The Balaban J connectivity index is 2.01. The SMILES string of the molecule is CSC1C2C=CC1N(S(=O)(=O)c1ccccc1)C=C2. The summed E-state index contributed by atoms with van der Waals surface area (Å²) in [6, 6.07) is 8.53. The molecule has 1 aliphatic heterocycles. The van der Waals surface area contributed by atoms with Crippen molar-refractivity contribution in [2.45, 2.75) is 16.2 Å². The topological polar surface area (TPSA) is 37.4 Å². The van der Waals surface area contributed by atoms with Gasteiger partial charge < -0.3 is 0 Å². The first kappa shape index (κ1) is 12.8. The second-order valence-electron chi connectivity index (χ2n) is 4.64. The number of nitrogens with zero attached hydrogens (tertiary/aromatic N) is 1. The Morgan fingerprint density at radius 2 is 1.84 bits per heavy atom. The number of sulfonamides is 1. The first-order chi connectivity index (χ1) is 9.14. The van der Waals surface area contributed by atoms with E-state index in [2.05, 4.69) is 6.08 Å². The summed E-state index contributed by atoms with van der Waals surface area (Å²) in [6.45, 7) is 0. The van der Waals surface area contributed by atoms with Crippen LogP contribution in [0.4, 0.5) is 0 Å². The standard InChI is InChI=1S/C14H15NO2S2/c1-18-14-11-7-8-13(14)15(10-9-11)19(16,17)12-5-3-2-4-6-12/h2-11,13-14H,1H3. The highest BCUT2D eigenvalue weighted by Gasteiger charge is 2.41. The van der Waals surface area contributed by atoms with Gasteiger partial charge in [-0.25, -0.2) is 8.42 Å². The molecule has 0 amide bonds. The van der Waals surface area contributed by atoms with Crippen LogP contribution in [0.25, 0.3) is 0 Å². The van der Waals surface area contributed by atoms with E-state index in [-0.39, 0.29) is 11.3 Å². The molecule has 0 fully saturated rings. The van der Waals surface area contributed by atoms with E-state index in [1.165, 1.54) is 4.31 Å². The molecule has 3 rings (SSSR count). The number of rotatable bonds is 3. The first-order valence-electron chi connectivity index (χ1n) is 6.12. The quantitative estimate of drug-likeness (QED) is 0.804. The molecule has 1 aromatic rings. The maximum Gasteiger partial charge on any atom is 0.264 e. The molecule has 2 bridgehead atoms. The summed E-state index contributed by atoms with van der Waals surface area (Å²) in [4.78, 5) is 0.346. The zero-order valence-electron chi connectivity index (χ0n) is 10.5. The van der Waals surface area contributed by atoms with Gasteiger partial charge in [-0.15, -0.1) is 0 Å². The van der Waals surface area contributed by atoms with Crippen molar-refractivity contribution in [3.05, 3.63) is 54.8 Å². The maximum absolute atomic E-state index is 12.7. The van der Waals surface area contributed by atoms with Gasteiger partial charge in [-0.1, -0.05) is 36.4 Å². The fourth-order valence-electron chi connectivity index (χ4n) is 2.63. The van der Waals surface area contributed by atoms with Crippen LogP contribution < -0.4 is 0 Å². The molecule has 3 atom stereocenters. The Bertz CT molecular complexity index is 622. The summed E-state index contributed by atoms with van der Waals surface area (Å²) in [5.74, 6) is 0.349. The van der Waals surface area contributed by atoms with E-state index in [1.807, 2.05) is 24.5 Å². The smallest absolute Gasteiger partial charge is 0.264 e. The van der Waals surface area contributed by atoms with Gasteiger partial charge in [0, 0.05) is 17.4 Å². The molecule has 3 nitrogen and oxygen atoms in total. The van der Waals surface area contributed by atoms with Crippen LogP contribution in [-0.2, 0) is 10.0 Å². The fourth-order valence-corrected chi connectivity index (χ4v) is 5.20. The highest BCUT2D eigenvalue weighted by molar-refractivity contribution is 7.99. The second kappa shape index (κ2) is 4.72. The molecule has 0 spiro atoms. The van der Waals surface area contributed by atoms with Crippen molar-refractivity contribution < 1.29 is 8.42 Å². The lowest BCUT2D eigenvalue weighted by Crippen LogP contribution is -2.43. The third kappa shape index (κ3) is 2.01. The minimum atomic E-state index is -3.46. The lowest BCUT2D eigenvalue weighted by atomic mass is 10.1. The van der Waals surface area contributed by atoms with Gasteiger partial charge in [0.15, 0.2) is 0 Å². The largest absolute Gasteiger partial charge is 0.266 e. The van der Waals surface area contributed by atoms with Crippen LogP contribution in [0.2, 0.25) is 0 Å². The first-order valence-corrected chi connectivity index (χ1v) is 8.85. The molecule has 2 aliphatic rings. The molecule has 3 unspecified atom stereocenters. The predicted molar refractivity (Wildman–Crippen MR) is 78.3 cm³/mol. The molecule has 5 heteroatoms. The van der Waals surface area contributed by atoms with E-state index in [0.29, 0.717) is 10.8 Å². The van der Waals surface area contributed by atoms with Crippen molar-refractivity contribution in [3.8, 4) is 0 Å². The van der Waals surface area contributed by atoms with E-state index in [9.17, 15) is 8.42 Å². The molecular weight excluding hydrogens is 278 g/mol. The number of allylic oxidation sites excluding steroid dienone is 2. The Hall–Kier alpha value is -1.20. The molecule has 1 heterocycles. The van der Waals surface area contributed by atoms with Gasteiger partial charge in [-0.05, 0) is 18.4 Å². The van der Waals surface area contributed by atoms with Crippen LogP contribution in [-0.4, -0.2) is 30.3 Å². The van der Waals surface area contributed by atoms with Gasteiger partial charge in [0.1, 0.15) is 0 Å². The molecule has 100 valence electrons. The van der Waals surface area contributed by atoms with Crippen LogP contribution >= 0.6 is 11.8 Å². The fraction of sp³-hybridized carbons (Fsp3) is 0.286. The zero-order valence-corrected chi connectivity index (χ0v) is 12.1. The second-order valence-corrected chi connectivity index (χ2v) is 7.50. The third-order valence-electron chi connectivity index (χ3n) is 3.59. The minimum Gasteiger partial charge on any atom is -0.266 e. The van der Waals surface area contributed by atoms with E-state index in [4.69, 9.17) is 0 Å². The van der Waals surface area contributed by atoms with Gasteiger partial charge in [-0.3, -0.25) is 4.31 Å². The maximum atomic E-state index is 12.7. The highest BCUT2D eigenvalue weighted by Crippen LogP contribution is 2.38. The van der Waals surface area contributed by atoms with Gasteiger partial charge in [0.25, 0.3) is 10.0 Å². The van der Waals surface area contributed by atoms with E-state index >= 15 is 0 Å². The lowest BCUT2D eigenvalue weighted by molar-refractivity contribution is 0.419. The average Bonchev–Trinajstić information content (AvgIpc) is 2.70. The van der Waals surface area contributed by atoms with E-state index in [0.717, 1.165) is 0 Å². The predicted octanol–water partition coefficient (Wildman–Crippen LogP) is 2.49. The monoisotopic (exact) mass is 293 g/mol. The van der Waals surface area contributed by atoms with Crippen LogP contribution in [0, 0.1) is 5.92 Å². The average molecular weight is 293 g/mol. The van der Waals surface area contributed by atoms with Crippen molar-refractivity contribution in [3.63, 3.8) is 0 Å². The van der Waals surface area contributed by atoms with Gasteiger partial charge in [-0.2, -0.15) is 11.8 Å². The number of benzene rings is 1. The van der Waals surface area contributed by atoms with Crippen LogP contribution in [0.15, 0.2) is 59.7 Å². The molecule has 0 aromatic heterocycles. The summed E-state index contributed by atoms with van der Waals surface area (Å²) in [5, 5.41) is 0.281. The summed E-state index contributed by atoms with van der Waals surface area (Å²) >= 11 is 1.72. The number of hydrogen-bond acceptors (Lipinski definition) is 3. The van der Waals surface area contributed by atoms with Gasteiger partial charge in [0.2, 0.25) is 0 Å². The normalized spacial score (nSPS) is 28.9. The van der Waals surface area contributed by atoms with E-state index in [1.54, 1.807) is 42.2 Å². The van der Waals surface area contributed by atoms with Gasteiger partial charge >= 0.3 is 0 Å². The molecule has 0 radical (unpaired) electrons. The van der Waals surface area contributed by atoms with Crippen molar-refractivity contribution >= 4 is 21.8 Å². The summed E-state index contributed by atoms with van der Waals surface area (Å²) in [6.07, 6.45) is 9.82. The van der Waals surface area contributed by atoms with Crippen molar-refractivity contribution in [1.82, 2.24) is 4.31 Å². The lowest BCUT2D eigenvalue weighted by Gasteiger charge is -2.35. The number of thioether (sulfide) groups is 1. The molecule has 19 heavy (non-hydrogen) atoms. The molecule has 1 aromatic carbocycles. The van der Waals surface area contributed by atoms with Crippen LogP contribution in [0.1, 0.15) is 0 Å². The van der Waals surface area contributed by atoms with Crippen LogP contribution in [0.5, 0.6) is 0 Å². The highest BCUT2D eigenvalue weighted by atomic mass is 32.2. The van der Waals surface area contributed by atoms with E-state index < -0.39 is 10.0 Å². The Kier molecular flexibility index (Phi) is 3.19. The Labute approximate surface area is 118 Å². The molecule has 0 saturated heterocycles.